The lowest BCUT2D eigenvalue weighted by Crippen LogP contribution is -2.52. The number of rotatable bonds is 10. The van der Waals surface area contributed by atoms with E-state index in [1.165, 1.54) is 44.1 Å². The largest absolute Gasteiger partial charge is 0.477 e. The summed E-state index contributed by atoms with van der Waals surface area (Å²) in [7, 11) is 1.37. The second-order valence-electron chi connectivity index (χ2n) is 20.5. The number of piperidine rings is 2. The lowest BCUT2D eigenvalue weighted by molar-refractivity contribution is -0.127. The summed E-state index contributed by atoms with van der Waals surface area (Å²) in [5, 5.41) is 29.8. The van der Waals surface area contributed by atoms with Gasteiger partial charge in [-0.2, -0.15) is 0 Å². The molecule has 346 valence electrons. The molecule has 0 bridgehead atoms. The Labute approximate surface area is 384 Å². The third kappa shape index (κ3) is 13.7. The Bertz CT molecular complexity index is 2030. The first-order valence-electron chi connectivity index (χ1n) is 23.3. The number of aliphatic hydroxyl groups is 2. The number of carbonyl (C=O) groups excluding carboxylic acids is 3. The highest BCUT2D eigenvalue weighted by molar-refractivity contribution is 7.15. The molecule has 2 saturated heterocycles. The first-order chi connectivity index (χ1) is 29.7. The number of carbonyl (C=O) groups is 4. The van der Waals surface area contributed by atoms with Crippen LogP contribution in [0.25, 0.3) is 0 Å². The van der Waals surface area contributed by atoms with Crippen molar-refractivity contribution >= 4 is 57.8 Å². The minimum absolute atomic E-state index is 0.0195. The molecule has 3 N–H and O–H groups in total. The number of carboxylic acids is 1. The first kappa shape index (κ1) is 50.3. The highest BCUT2D eigenvalue weighted by atomic mass is 32.1. The molecule has 4 aliphatic rings. The van der Waals surface area contributed by atoms with Crippen LogP contribution in [0.3, 0.4) is 0 Å². The molecule has 2 amide bonds. The molecule has 6 rings (SSSR count). The molecule has 2 aliphatic carbocycles. The van der Waals surface area contributed by atoms with Crippen molar-refractivity contribution in [3.63, 3.8) is 0 Å². The van der Waals surface area contributed by atoms with Crippen molar-refractivity contribution in [3.05, 3.63) is 31.6 Å². The number of amides is 2. The van der Waals surface area contributed by atoms with E-state index >= 15 is 0 Å². The predicted octanol–water partition coefficient (Wildman–Crippen LogP) is 10.7. The van der Waals surface area contributed by atoms with Crippen LogP contribution in [0, 0.1) is 58.2 Å². The molecule has 2 aliphatic heterocycles. The van der Waals surface area contributed by atoms with Crippen LogP contribution in [0.5, 0.6) is 0 Å². The maximum absolute atomic E-state index is 13.7. The number of anilines is 2. The molecule has 0 spiro atoms. The average Bonchev–Trinajstić information content (AvgIpc) is 3.85. The maximum Gasteiger partial charge on any atom is 0.350 e. The molecule has 0 radical (unpaired) electrons. The van der Waals surface area contributed by atoms with Gasteiger partial charge in [-0.25, -0.2) is 9.59 Å². The van der Waals surface area contributed by atoms with Gasteiger partial charge in [-0.15, -0.1) is 22.7 Å². The minimum Gasteiger partial charge on any atom is -0.477 e. The van der Waals surface area contributed by atoms with Gasteiger partial charge in [-0.3, -0.25) is 9.59 Å². The number of aliphatic hydroxyl groups excluding tert-OH is 2. The van der Waals surface area contributed by atoms with Gasteiger partial charge in [0.25, 0.3) is 0 Å². The molecular formula is C51H72N2O8S2. The van der Waals surface area contributed by atoms with Gasteiger partial charge in [0.05, 0.1) is 40.4 Å². The van der Waals surface area contributed by atoms with Crippen molar-refractivity contribution in [1.82, 2.24) is 0 Å². The van der Waals surface area contributed by atoms with E-state index in [4.69, 9.17) is 4.74 Å². The van der Waals surface area contributed by atoms with Gasteiger partial charge >= 0.3 is 11.9 Å². The summed E-state index contributed by atoms with van der Waals surface area (Å²) in [4.78, 5) is 57.9. The number of esters is 1. The van der Waals surface area contributed by atoms with E-state index in [1.807, 2.05) is 52.5 Å². The summed E-state index contributed by atoms with van der Waals surface area (Å²) >= 11 is 2.45. The fourth-order valence-corrected chi connectivity index (χ4v) is 11.7. The molecule has 0 unspecified atom stereocenters. The first-order valence-corrected chi connectivity index (χ1v) is 25.0. The normalized spacial score (nSPS) is 23.7. The second-order valence-corrected chi connectivity index (χ2v) is 22.6. The van der Waals surface area contributed by atoms with Crippen LogP contribution in [-0.4, -0.2) is 70.5 Å². The van der Waals surface area contributed by atoms with Gasteiger partial charge < -0.3 is 29.9 Å². The summed E-state index contributed by atoms with van der Waals surface area (Å²) < 4.78 is 5.08. The fourth-order valence-electron chi connectivity index (χ4n) is 9.89. The fraction of sp³-hybridized carbons (Fsp3) is 0.686. The van der Waals surface area contributed by atoms with E-state index in [9.17, 15) is 34.5 Å². The van der Waals surface area contributed by atoms with Gasteiger partial charge in [0.2, 0.25) is 11.8 Å². The summed E-state index contributed by atoms with van der Waals surface area (Å²) in [6.07, 6.45) is 14.6. The van der Waals surface area contributed by atoms with E-state index in [2.05, 4.69) is 23.7 Å². The molecule has 4 heterocycles. The van der Waals surface area contributed by atoms with Crippen LogP contribution >= 0.6 is 22.7 Å². The van der Waals surface area contributed by atoms with Crippen LogP contribution in [0.1, 0.15) is 187 Å². The van der Waals surface area contributed by atoms with Crippen LogP contribution < -0.4 is 9.80 Å². The number of nitrogens with zero attached hydrogens (tertiary/aromatic N) is 2. The predicted molar refractivity (Wildman–Crippen MR) is 253 cm³/mol. The SMILES string of the molecule is COC(=O)c1sc(C#CC(C)(C)C)cc1N1C(=O)[C@@H](C[C@H](C)O)CC[C@H]1C1CCCCC1.C[C@H](O)C[C@H]1CC[C@@H](C2CCCCC2)N(c2cc(C#CC(C)(C)C)sc2C(=O)O)C1=O. The van der Waals surface area contributed by atoms with Crippen molar-refractivity contribution in [3.8, 4) is 23.7 Å². The lowest BCUT2D eigenvalue weighted by atomic mass is 9.77. The van der Waals surface area contributed by atoms with Crippen LogP contribution in [0.15, 0.2) is 12.1 Å². The van der Waals surface area contributed by atoms with Crippen molar-refractivity contribution in [2.45, 2.75) is 182 Å². The summed E-state index contributed by atoms with van der Waals surface area (Å²) in [6, 6.07) is 3.79. The number of thiophene rings is 2. The lowest BCUT2D eigenvalue weighted by Gasteiger charge is -2.44. The summed E-state index contributed by atoms with van der Waals surface area (Å²) in [5.74, 6) is 11.6. The minimum atomic E-state index is -1.02. The molecule has 12 heteroatoms. The Morgan fingerprint density at radius 2 is 1.05 bits per heavy atom. The summed E-state index contributed by atoms with van der Waals surface area (Å²) in [5.41, 5.74) is 0.771. The van der Waals surface area contributed by atoms with Gasteiger partial charge in [0, 0.05) is 34.7 Å². The van der Waals surface area contributed by atoms with Crippen LogP contribution in [0.4, 0.5) is 11.4 Å². The van der Waals surface area contributed by atoms with Gasteiger partial charge in [-0.1, -0.05) is 62.2 Å². The molecule has 63 heavy (non-hydrogen) atoms. The van der Waals surface area contributed by atoms with Crippen molar-refractivity contribution in [1.29, 1.82) is 0 Å². The van der Waals surface area contributed by atoms with Crippen molar-refractivity contribution < 1.29 is 39.2 Å². The second kappa shape index (κ2) is 22.0. The quantitative estimate of drug-likeness (QED) is 0.158. The Balaban J connectivity index is 0.000000238. The number of hydrogen-bond donors (Lipinski definition) is 3. The smallest absolute Gasteiger partial charge is 0.350 e. The van der Waals surface area contributed by atoms with E-state index in [1.54, 1.807) is 24.8 Å². The summed E-state index contributed by atoms with van der Waals surface area (Å²) in [6.45, 7) is 15.6. The van der Waals surface area contributed by atoms with Gasteiger partial charge in [-0.05, 0) is 144 Å². The zero-order valence-electron chi connectivity index (χ0n) is 39.2. The van der Waals surface area contributed by atoms with Crippen LogP contribution in [0.2, 0.25) is 0 Å². The molecule has 0 aromatic carbocycles. The molecular weight excluding hydrogens is 833 g/mol. The Hall–Kier alpha value is -3.68. The number of ether oxygens (including phenoxy) is 1. The van der Waals surface area contributed by atoms with E-state index in [-0.39, 0.29) is 51.4 Å². The topological polar surface area (TPSA) is 145 Å². The Kier molecular flexibility index (Phi) is 17.6. The number of carboxylic acid groups (broad SMARTS) is 1. The van der Waals surface area contributed by atoms with E-state index < -0.39 is 24.1 Å². The molecule has 2 saturated carbocycles. The van der Waals surface area contributed by atoms with E-state index in [0.29, 0.717) is 45.8 Å². The molecule has 2 aromatic heterocycles. The maximum atomic E-state index is 13.7. The third-order valence-electron chi connectivity index (χ3n) is 12.7. The zero-order chi connectivity index (χ0) is 46.2. The number of methoxy groups -OCH3 is 1. The highest BCUT2D eigenvalue weighted by Crippen LogP contribution is 2.44. The number of hydrogen-bond acceptors (Lipinski definition) is 9. The Morgan fingerprint density at radius 3 is 1.40 bits per heavy atom. The van der Waals surface area contributed by atoms with Crippen molar-refractivity contribution in [2.24, 2.45) is 34.5 Å². The monoisotopic (exact) mass is 904 g/mol. The average molecular weight is 905 g/mol. The van der Waals surface area contributed by atoms with Gasteiger partial charge in [0.15, 0.2) is 0 Å². The van der Waals surface area contributed by atoms with Crippen LogP contribution in [-0.2, 0) is 14.3 Å². The molecule has 10 nitrogen and oxygen atoms in total. The van der Waals surface area contributed by atoms with Crippen molar-refractivity contribution in [2.75, 3.05) is 16.9 Å². The molecule has 6 atom stereocenters. The zero-order valence-corrected chi connectivity index (χ0v) is 40.8. The van der Waals surface area contributed by atoms with Gasteiger partial charge in [0.1, 0.15) is 9.75 Å². The molecule has 2 aromatic rings. The molecule has 4 fully saturated rings. The third-order valence-corrected chi connectivity index (χ3v) is 14.8. The Morgan fingerprint density at radius 1 is 0.667 bits per heavy atom. The van der Waals surface area contributed by atoms with E-state index in [0.717, 1.165) is 80.4 Å². The standard InChI is InChI=1S/C26H37NO4S.C25H35NO4S/c1-17(28)15-19-11-12-21(18-9-7-6-8-10-18)27(24(19)29)22-16-20(13-14-26(2,3)4)32-23(22)25(30)31-5;1-16(27)14-18-10-11-20(17-8-6-5-7-9-17)26(23(18)28)21-15-19(12-13-25(2,3)4)31-22(21)24(29)30/h16-19,21,28H,6-12,15H2,1-5H3;15-18,20,27H,5-11,14H2,1-4H3,(H,29,30)/t17-,19+,21-;16-,18+,20-/m00/s1. The highest BCUT2D eigenvalue weighted by Gasteiger charge is 2.44. The number of aromatic carboxylic acids is 1.